The van der Waals surface area contributed by atoms with Gasteiger partial charge in [0.15, 0.2) is 11.5 Å². The largest absolute Gasteiger partial charge is 0.486 e. The Kier molecular flexibility index (Phi) is 2.77. The van der Waals surface area contributed by atoms with Crippen LogP contribution in [0.3, 0.4) is 0 Å². The molecule has 4 rings (SSSR count). The zero-order chi connectivity index (χ0) is 12.8. The first-order valence-electron chi connectivity index (χ1n) is 6.89. The highest BCUT2D eigenvalue weighted by atomic mass is 32.2. The molecule has 0 amide bonds. The zero-order valence-electron chi connectivity index (χ0n) is 10.7. The molecule has 0 radical (unpaired) electrons. The predicted octanol–water partition coefficient (Wildman–Crippen LogP) is 1.76. The summed E-state index contributed by atoms with van der Waals surface area (Å²) in [5.74, 6) is 2.27. The van der Waals surface area contributed by atoms with Gasteiger partial charge in [0.05, 0.1) is 10.8 Å². The first-order chi connectivity index (χ1) is 9.31. The van der Waals surface area contributed by atoms with Crippen molar-refractivity contribution in [2.75, 3.05) is 19.0 Å². The maximum atomic E-state index is 12.2. The first kappa shape index (κ1) is 11.7. The van der Waals surface area contributed by atoms with Gasteiger partial charge in [0, 0.05) is 28.8 Å². The highest BCUT2D eigenvalue weighted by molar-refractivity contribution is 7.85. The third kappa shape index (κ3) is 2.15. The number of nitrogens with one attached hydrogen (secondary N) is 1. The van der Waals surface area contributed by atoms with Crippen molar-refractivity contribution in [2.24, 2.45) is 0 Å². The van der Waals surface area contributed by atoms with E-state index in [1.165, 1.54) is 12.8 Å². The van der Waals surface area contributed by atoms with Gasteiger partial charge in [-0.1, -0.05) is 0 Å². The molecule has 1 N–H and O–H groups in total. The molecule has 1 aromatic rings. The van der Waals surface area contributed by atoms with Crippen LogP contribution in [0.5, 0.6) is 11.5 Å². The second kappa shape index (κ2) is 4.49. The standard InChI is InChI=1S/C14H17NO3S/c16-19-6-3-11(15-9-1-2-9)10-7-12-13(8-14(10)19)18-5-4-17-12/h7-9,11,15H,1-6H2. The van der Waals surface area contributed by atoms with Crippen LogP contribution in [0, 0.1) is 0 Å². The van der Waals surface area contributed by atoms with Crippen LogP contribution in [0.2, 0.25) is 0 Å². The van der Waals surface area contributed by atoms with Crippen molar-refractivity contribution in [2.45, 2.75) is 36.2 Å². The Morgan fingerprint density at radius 2 is 1.84 bits per heavy atom. The summed E-state index contributed by atoms with van der Waals surface area (Å²) in [5.41, 5.74) is 1.14. The van der Waals surface area contributed by atoms with Crippen molar-refractivity contribution in [1.82, 2.24) is 5.32 Å². The summed E-state index contributed by atoms with van der Waals surface area (Å²) in [7, 11) is -0.904. The highest BCUT2D eigenvalue weighted by Gasteiger charge is 2.32. The number of hydrogen-bond donors (Lipinski definition) is 1. The van der Waals surface area contributed by atoms with Gasteiger partial charge in [0.2, 0.25) is 0 Å². The van der Waals surface area contributed by atoms with Gasteiger partial charge in [-0.3, -0.25) is 4.21 Å². The van der Waals surface area contributed by atoms with Crippen molar-refractivity contribution in [3.63, 3.8) is 0 Å². The molecule has 2 aliphatic heterocycles. The smallest absolute Gasteiger partial charge is 0.162 e. The lowest BCUT2D eigenvalue weighted by atomic mass is 10.0. The fourth-order valence-electron chi connectivity index (χ4n) is 2.75. The average Bonchev–Trinajstić information content (AvgIpc) is 3.25. The Morgan fingerprint density at radius 3 is 2.58 bits per heavy atom. The molecule has 0 spiro atoms. The predicted molar refractivity (Wildman–Crippen MR) is 72.2 cm³/mol. The molecule has 1 fully saturated rings. The molecular weight excluding hydrogens is 262 g/mol. The number of rotatable bonds is 2. The van der Waals surface area contributed by atoms with E-state index in [0.717, 1.165) is 34.1 Å². The quantitative estimate of drug-likeness (QED) is 0.896. The number of benzene rings is 1. The van der Waals surface area contributed by atoms with Crippen molar-refractivity contribution < 1.29 is 13.7 Å². The summed E-state index contributed by atoms with van der Waals surface area (Å²) in [6.45, 7) is 1.16. The van der Waals surface area contributed by atoms with Crippen molar-refractivity contribution >= 4 is 10.8 Å². The van der Waals surface area contributed by atoms with E-state index in [0.29, 0.717) is 25.3 Å². The summed E-state index contributed by atoms with van der Waals surface area (Å²) < 4.78 is 23.4. The second-order valence-corrected chi connectivity index (χ2v) is 6.90. The topological polar surface area (TPSA) is 47.6 Å². The van der Waals surface area contributed by atoms with Gasteiger partial charge >= 0.3 is 0 Å². The molecule has 2 heterocycles. The van der Waals surface area contributed by atoms with Crippen LogP contribution in [-0.2, 0) is 10.8 Å². The van der Waals surface area contributed by atoms with E-state index < -0.39 is 10.8 Å². The number of fused-ring (bicyclic) bond motifs is 2. The Balaban J connectivity index is 1.75. The Morgan fingerprint density at radius 1 is 1.11 bits per heavy atom. The van der Waals surface area contributed by atoms with Crippen LogP contribution in [-0.4, -0.2) is 29.2 Å². The minimum absolute atomic E-state index is 0.316. The molecule has 0 aromatic heterocycles. The van der Waals surface area contributed by atoms with E-state index in [9.17, 15) is 4.21 Å². The molecule has 0 bridgehead atoms. The second-order valence-electron chi connectivity index (χ2n) is 5.37. The number of hydrogen-bond acceptors (Lipinski definition) is 4. The summed E-state index contributed by atoms with van der Waals surface area (Å²) in [4.78, 5) is 0.925. The summed E-state index contributed by atoms with van der Waals surface area (Å²) in [5, 5.41) is 3.65. The molecule has 2 unspecified atom stereocenters. The van der Waals surface area contributed by atoms with E-state index in [2.05, 4.69) is 5.32 Å². The monoisotopic (exact) mass is 279 g/mol. The summed E-state index contributed by atoms with van der Waals surface area (Å²) in [6.07, 6.45) is 3.47. The minimum atomic E-state index is -0.904. The molecule has 1 saturated carbocycles. The van der Waals surface area contributed by atoms with E-state index >= 15 is 0 Å². The molecule has 19 heavy (non-hydrogen) atoms. The van der Waals surface area contributed by atoms with Crippen LogP contribution < -0.4 is 14.8 Å². The van der Waals surface area contributed by atoms with Crippen molar-refractivity contribution in [3.05, 3.63) is 17.7 Å². The molecule has 4 nitrogen and oxygen atoms in total. The van der Waals surface area contributed by atoms with Gasteiger partial charge in [-0.15, -0.1) is 0 Å². The molecular formula is C14H17NO3S. The fraction of sp³-hybridized carbons (Fsp3) is 0.571. The van der Waals surface area contributed by atoms with Gasteiger partial charge in [-0.25, -0.2) is 0 Å². The van der Waals surface area contributed by atoms with Gasteiger partial charge in [0.25, 0.3) is 0 Å². The molecule has 2 atom stereocenters. The maximum absolute atomic E-state index is 12.2. The summed E-state index contributed by atoms with van der Waals surface area (Å²) >= 11 is 0. The molecule has 1 aromatic carbocycles. The van der Waals surface area contributed by atoms with Crippen LogP contribution in [0.15, 0.2) is 17.0 Å². The van der Waals surface area contributed by atoms with E-state index in [4.69, 9.17) is 9.47 Å². The van der Waals surface area contributed by atoms with Crippen LogP contribution >= 0.6 is 0 Å². The molecule has 1 aliphatic carbocycles. The molecule has 5 heteroatoms. The average molecular weight is 279 g/mol. The molecule has 102 valence electrons. The van der Waals surface area contributed by atoms with E-state index in [-0.39, 0.29) is 0 Å². The summed E-state index contributed by atoms with van der Waals surface area (Å²) in [6, 6.07) is 4.91. The fourth-order valence-corrected chi connectivity index (χ4v) is 4.13. The van der Waals surface area contributed by atoms with Crippen LogP contribution in [0.25, 0.3) is 0 Å². The normalized spacial score (nSPS) is 28.8. The molecule has 0 saturated heterocycles. The maximum Gasteiger partial charge on any atom is 0.162 e. The third-order valence-electron chi connectivity index (χ3n) is 3.90. The lowest BCUT2D eigenvalue weighted by Crippen LogP contribution is -2.29. The highest BCUT2D eigenvalue weighted by Crippen LogP contribution is 2.41. The van der Waals surface area contributed by atoms with Gasteiger partial charge in [0.1, 0.15) is 13.2 Å². The van der Waals surface area contributed by atoms with Gasteiger partial charge in [-0.05, 0) is 30.9 Å². The van der Waals surface area contributed by atoms with E-state index in [1.54, 1.807) is 0 Å². The minimum Gasteiger partial charge on any atom is -0.486 e. The van der Waals surface area contributed by atoms with Crippen molar-refractivity contribution in [1.29, 1.82) is 0 Å². The zero-order valence-corrected chi connectivity index (χ0v) is 11.5. The lowest BCUT2D eigenvalue weighted by molar-refractivity contribution is 0.170. The van der Waals surface area contributed by atoms with Gasteiger partial charge < -0.3 is 14.8 Å². The lowest BCUT2D eigenvalue weighted by Gasteiger charge is -2.28. The SMILES string of the molecule is O=S1CCC(NC2CC2)c2cc3c(cc21)OCCO3. The first-order valence-corrected chi connectivity index (χ1v) is 8.21. The molecule has 3 aliphatic rings. The van der Waals surface area contributed by atoms with Gasteiger partial charge in [-0.2, -0.15) is 0 Å². The number of ether oxygens (including phenoxy) is 2. The Hall–Kier alpha value is -1.07. The van der Waals surface area contributed by atoms with Crippen LogP contribution in [0.1, 0.15) is 30.9 Å². The Labute approximate surface area is 114 Å². The van der Waals surface area contributed by atoms with Crippen molar-refractivity contribution in [3.8, 4) is 11.5 Å². The van der Waals surface area contributed by atoms with Crippen LogP contribution in [0.4, 0.5) is 0 Å². The third-order valence-corrected chi connectivity index (χ3v) is 5.35. The van der Waals surface area contributed by atoms with E-state index in [1.807, 2.05) is 12.1 Å². The Bertz CT molecular complexity index is 542.